The monoisotopic (exact) mass is 137 g/mol. The highest BCUT2D eigenvalue weighted by Gasteiger charge is 1.94. The maximum atomic E-state index is 8.34. The summed E-state index contributed by atoms with van der Waals surface area (Å²) >= 11 is 0. The second-order valence-corrected chi connectivity index (χ2v) is 2.15. The number of nitrogens with zero attached hydrogens (tertiary/aromatic N) is 1. The van der Waals surface area contributed by atoms with Crippen LogP contribution in [0.15, 0.2) is 29.5 Å². The van der Waals surface area contributed by atoms with E-state index in [0.717, 1.165) is 31.4 Å². The van der Waals surface area contributed by atoms with Gasteiger partial charge < -0.3 is 5.11 Å². The summed E-state index contributed by atoms with van der Waals surface area (Å²) in [6.45, 7) is 0.894. The molecule has 0 fully saturated rings. The van der Waals surface area contributed by atoms with E-state index >= 15 is 0 Å². The number of hydrogen-bond donors (Lipinski definition) is 1. The van der Waals surface area contributed by atoms with Crippen LogP contribution in [0.2, 0.25) is 0 Å². The van der Waals surface area contributed by atoms with Crippen LogP contribution in [0.5, 0.6) is 0 Å². The zero-order valence-electron chi connectivity index (χ0n) is 5.83. The molecule has 0 saturated heterocycles. The Bertz CT molecular complexity index is 180. The quantitative estimate of drug-likeness (QED) is 0.579. The third-order valence-electron chi connectivity index (χ3n) is 1.35. The number of hydrogen-bond acceptors (Lipinski definition) is 2. The Hall–Kier alpha value is -1.05. The number of allylic oxidation sites excluding steroid dienone is 2. The molecule has 1 heterocycles. The maximum absolute atomic E-state index is 8.34. The van der Waals surface area contributed by atoms with Crippen LogP contribution in [-0.2, 0) is 0 Å². The molecule has 0 unspecified atom stereocenters. The van der Waals surface area contributed by atoms with Crippen molar-refractivity contribution in [3.8, 4) is 0 Å². The molecule has 0 aliphatic carbocycles. The van der Waals surface area contributed by atoms with Crippen LogP contribution in [-0.4, -0.2) is 17.4 Å². The molecule has 0 atom stereocenters. The van der Waals surface area contributed by atoms with Crippen LogP contribution in [0.1, 0.15) is 12.8 Å². The fourth-order valence-corrected chi connectivity index (χ4v) is 0.861. The zero-order valence-corrected chi connectivity index (χ0v) is 5.83. The van der Waals surface area contributed by atoms with Gasteiger partial charge in [0.1, 0.15) is 0 Å². The first-order chi connectivity index (χ1) is 4.93. The number of aliphatic hydroxyl groups is 1. The van der Waals surface area contributed by atoms with Gasteiger partial charge in [0.25, 0.3) is 0 Å². The Morgan fingerprint density at radius 3 is 3.20 bits per heavy atom. The lowest BCUT2D eigenvalue weighted by Crippen LogP contribution is -1.97. The van der Waals surface area contributed by atoms with Crippen LogP contribution in [0.3, 0.4) is 0 Å². The van der Waals surface area contributed by atoms with E-state index in [-0.39, 0.29) is 0 Å². The highest BCUT2D eigenvalue weighted by atomic mass is 16.2. The summed E-state index contributed by atoms with van der Waals surface area (Å²) in [5.74, 6) is 0. The van der Waals surface area contributed by atoms with Crippen LogP contribution in [0.4, 0.5) is 0 Å². The van der Waals surface area contributed by atoms with Crippen molar-refractivity contribution in [3.63, 3.8) is 0 Å². The first-order valence-electron chi connectivity index (χ1n) is 3.42. The average molecular weight is 137 g/mol. The highest BCUT2D eigenvalue weighted by Crippen LogP contribution is 1.99. The lowest BCUT2D eigenvalue weighted by Gasteiger charge is -2.01. The molecule has 0 aromatic rings. The summed E-state index contributed by atoms with van der Waals surface area (Å²) < 4.78 is 0. The highest BCUT2D eigenvalue weighted by molar-refractivity contribution is 5.96. The summed E-state index contributed by atoms with van der Waals surface area (Å²) in [5, 5.41) is 8.34. The smallest absolute Gasteiger partial charge is 0.0755 e. The maximum Gasteiger partial charge on any atom is 0.0755 e. The zero-order chi connectivity index (χ0) is 7.23. The predicted molar refractivity (Wildman–Crippen MR) is 42.4 cm³/mol. The Labute approximate surface area is 60.6 Å². The van der Waals surface area contributed by atoms with Gasteiger partial charge in [0, 0.05) is 18.7 Å². The van der Waals surface area contributed by atoms with Gasteiger partial charge in [-0.15, -0.1) is 0 Å². The van der Waals surface area contributed by atoms with Crippen molar-refractivity contribution in [1.29, 1.82) is 0 Å². The van der Waals surface area contributed by atoms with Crippen molar-refractivity contribution in [2.24, 2.45) is 4.99 Å². The van der Waals surface area contributed by atoms with E-state index in [2.05, 4.69) is 11.1 Å². The first-order valence-corrected chi connectivity index (χ1v) is 3.42. The van der Waals surface area contributed by atoms with E-state index in [0.29, 0.717) is 0 Å². The van der Waals surface area contributed by atoms with Crippen molar-refractivity contribution in [3.05, 3.63) is 24.5 Å². The number of rotatable bonds is 2. The molecule has 1 aliphatic heterocycles. The third-order valence-corrected chi connectivity index (χ3v) is 1.35. The van der Waals surface area contributed by atoms with E-state index in [1.807, 2.05) is 6.08 Å². The number of aliphatic hydroxyl groups excluding tert-OH is 1. The van der Waals surface area contributed by atoms with Crippen LogP contribution >= 0.6 is 0 Å². The van der Waals surface area contributed by atoms with Gasteiger partial charge in [-0.3, -0.25) is 4.99 Å². The van der Waals surface area contributed by atoms with Gasteiger partial charge in [0.2, 0.25) is 0 Å². The predicted octanol–water partition coefficient (Wildman–Crippen LogP) is 1.85. The van der Waals surface area contributed by atoms with Crippen molar-refractivity contribution >= 4 is 5.71 Å². The molecule has 1 aliphatic rings. The molecule has 54 valence electrons. The molecule has 0 spiro atoms. The van der Waals surface area contributed by atoms with Gasteiger partial charge in [-0.25, -0.2) is 0 Å². The van der Waals surface area contributed by atoms with Gasteiger partial charge in [0.15, 0.2) is 0 Å². The largest absolute Gasteiger partial charge is 0.516 e. The van der Waals surface area contributed by atoms with Crippen molar-refractivity contribution in [2.45, 2.75) is 12.8 Å². The summed E-state index contributed by atoms with van der Waals surface area (Å²) in [7, 11) is 0. The molecule has 0 amide bonds. The molecule has 1 rings (SSSR count). The van der Waals surface area contributed by atoms with Crippen LogP contribution in [0, 0.1) is 0 Å². The van der Waals surface area contributed by atoms with Crippen LogP contribution < -0.4 is 0 Å². The Balaban J connectivity index is 2.40. The minimum Gasteiger partial charge on any atom is -0.516 e. The lowest BCUT2D eigenvalue weighted by molar-refractivity contribution is 0.472. The fraction of sp³-hybridized carbons (Fsp3) is 0.375. The normalized spacial score (nSPS) is 17.8. The molecule has 10 heavy (non-hydrogen) atoms. The van der Waals surface area contributed by atoms with Gasteiger partial charge >= 0.3 is 0 Å². The standard InChI is InChI=1S/C8H11NO/c10-7-3-5-8-4-1-2-6-9-8/h1,3-4,7,10H,2,5-6H2/b7-3+. The van der Waals surface area contributed by atoms with Crippen molar-refractivity contribution in [1.82, 2.24) is 0 Å². The molecule has 2 nitrogen and oxygen atoms in total. The van der Waals surface area contributed by atoms with E-state index in [1.165, 1.54) is 0 Å². The topological polar surface area (TPSA) is 32.6 Å². The number of aliphatic imine (C=N–C) groups is 1. The van der Waals surface area contributed by atoms with Gasteiger partial charge in [-0.05, 0) is 18.6 Å². The molecule has 0 aromatic heterocycles. The Morgan fingerprint density at radius 1 is 1.70 bits per heavy atom. The molecule has 0 bridgehead atoms. The molecule has 0 saturated carbocycles. The van der Waals surface area contributed by atoms with Gasteiger partial charge in [-0.2, -0.15) is 0 Å². The second-order valence-electron chi connectivity index (χ2n) is 2.15. The minimum absolute atomic E-state index is 0.743. The summed E-state index contributed by atoms with van der Waals surface area (Å²) in [4.78, 5) is 4.23. The average Bonchev–Trinajstić information content (AvgIpc) is 2.03. The van der Waals surface area contributed by atoms with Gasteiger partial charge in [0.05, 0.1) is 6.26 Å². The van der Waals surface area contributed by atoms with Gasteiger partial charge in [-0.1, -0.05) is 6.08 Å². The van der Waals surface area contributed by atoms with Crippen LogP contribution in [0.25, 0.3) is 0 Å². The lowest BCUT2D eigenvalue weighted by atomic mass is 10.2. The number of dihydropyridines is 1. The van der Waals surface area contributed by atoms with Crippen molar-refractivity contribution in [2.75, 3.05) is 6.54 Å². The summed E-state index contributed by atoms with van der Waals surface area (Å²) in [6.07, 6.45) is 8.65. The SMILES string of the molecule is O/C=C/CC1=NCCC=C1. The van der Waals surface area contributed by atoms with Crippen molar-refractivity contribution < 1.29 is 5.11 Å². The van der Waals surface area contributed by atoms with E-state index in [9.17, 15) is 0 Å². The summed E-state index contributed by atoms with van der Waals surface area (Å²) in [5.41, 5.74) is 1.05. The Kier molecular flexibility index (Phi) is 2.74. The molecule has 0 radical (unpaired) electrons. The van der Waals surface area contributed by atoms with E-state index in [1.54, 1.807) is 6.08 Å². The first kappa shape index (κ1) is 7.06. The third kappa shape index (κ3) is 2.05. The second kappa shape index (κ2) is 3.88. The molecular formula is C8H11NO. The minimum atomic E-state index is 0.743. The summed E-state index contributed by atoms with van der Waals surface area (Å²) in [6, 6.07) is 0. The molecule has 1 N–H and O–H groups in total. The molecule has 0 aromatic carbocycles. The van der Waals surface area contributed by atoms with E-state index < -0.39 is 0 Å². The molecular weight excluding hydrogens is 126 g/mol. The molecule has 2 heteroatoms. The van der Waals surface area contributed by atoms with E-state index in [4.69, 9.17) is 5.11 Å². The fourth-order valence-electron chi connectivity index (χ4n) is 0.861. The Morgan fingerprint density at radius 2 is 2.60 bits per heavy atom.